The summed E-state index contributed by atoms with van der Waals surface area (Å²) in [5, 5.41) is 17.1. The van der Waals surface area contributed by atoms with E-state index in [1.807, 2.05) is 62.3 Å². The molecule has 0 aliphatic heterocycles. The molecule has 1 unspecified atom stereocenters. The summed E-state index contributed by atoms with van der Waals surface area (Å²) >= 11 is 3.44. The first-order valence-electron chi connectivity index (χ1n) is 9.00. The fraction of sp³-hybridized carbons (Fsp3) is 0.450. The zero-order chi connectivity index (χ0) is 19.7. The van der Waals surface area contributed by atoms with Crippen LogP contribution in [-0.4, -0.2) is 55.3 Å². The number of hydrogen-bond acceptors (Lipinski definition) is 4. The maximum atomic E-state index is 10.5. The molecule has 0 fully saturated rings. The predicted octanol–water partition coefficient (Wildman–Crippen LogP) is 2.63. The second-order valence-electron chi connectivity index (χ2n) is 7.14. The number of nitrogens with one attached hydrogen (secondary N) is 2. The number of rotatable bonds is 9. The quantitative estimate of drug-likeness (QED) is 0.416. The van der Waals surface area contributed by atoms with Gasteiger partial charge in [0.1, 0.15) is 5.76 Å². The van der Waals surface area contributed by atoms with Gasteiger partial charge in [-0.25, -0.2) is 4.99 Å². The van der Waals surface area contributed by atoms with Gasteiger partial charge in [-0.05, 0) is 50.8 Å². The van der Waals surface area contributed by atoms with Crippen LogP contribution in [0.15, 0.2) is 56.5 Å². The molecule has 7 heteroatoms. The summed E-state index contributed by atoms with van der Waals surface area (Å²) < 4.78 is 6.41. The second kappa shape index (κ2) is 10.5. The first kappa shape index (κ1) is 21.5. The molecule has 1 heterocycles. The third kappa shape index (κ3) is 8.60. The summed E-state index contributed by atoms with van der Waals surface area (Å²) in [6.45, 7) is 4.02. The highest BCUT2D eigenvalue weighted by molar-refractivity contribution is 9.10. The monoisotopic (exact) mass is 436 g/mol. The van der Waals surface area contributed by atoms with Crippen LogP contribution in [-0.2, 0) is 13.0 Å². The molecule has 1 aromatic carbocycles. The molecular formula is C20H29BrN4O2. The number of likely N-dealkylation sites (N-methyl/N-ethyl adjacent to an activating group) is 1. The van der Waals surface area contributed by atoms with Crippen LogP contribution in [0, 0.1) is 0 Å². The summed E-state index contributed by atoms with van der Waals surface area (Å²) in [7, 11) is 3.89. The average molecular weight is 437 g/mol. The van der Waals surface area contributed by atoms with Crippen LogP contribution < -0.4 is 10.6 Å². The van der Waals surface area contributed by atoms with Crippen LogP contribution in [0.2, 0.25) is 0 Å². The van der Waals surface area contributed by atoms with E-state index in [0.29, 0.717) is 32.1 Å². The number of guanidine groups is 1. The number of furan rings is 1. The van der Waals surface area contributed by atoms with Crippen LogP contribution in [0.5, 0.6) is 0 Å². The lowest BCUT2D eigenvalue weighted by Crippen LogP contribution is -2.50. The third-order valence-electron chi connectivity index (χ3n) is 3.87. The van der Waals surface area contributed by atoms with Crippen LogP contribution in [0.25, 0.3) is 0 Å². The van der Waals surface area contributed by atoms with Gasteiger partial charge in [0.25, 0.3) is 0 Å². The highest BCUT2D eigenvalue weighted by Crippen LogP contribution is 2.11. The van der Waals surface area contributed by atoms with Gasteiger partial charge >= 0.3 is 0 Å². The Labute approximate surface area is 169 Å². The zero-order valence-corrected chi connectivity index (χ0v) is 17.8. The van der Waals surface area contributed by atoms with Crippen LogP contribution in [0.4, 0.5) is 0 Å². The van der Waals surface area contributed by atoms with E-state index < -0.39 is 5.60 Å². The summed E-state index contributed by atoms with van der Waals surface area (Å²) in [4.78, 5) is 6.61. The first-order chi connectivity index (χ1) is 12.8. The lowest BCUT2D eigenvalue weighted by molar-refractivity contribution is 0.0377. The van der Waals surface area contributed by atoms with E-state index >= 15 is 0 Å². The van der Waals surface area contributed by atoms with Gasteiger partial charge in [-0.2, -0.15) is 0 Å². The summed E-state index contributed by atoms with van der Waals surface area (Å²) in [6.07, 6.45) is 2.44. The van der Waals surface area contributed by atoms with Crippen molar-refractivity contribution in [2.24, 2.45) is 4.99 Å². The van der Waals surface area contributed by atoms with Gasteiger partial charge < -0.3 is 25.1 Å². The number of benzene rings is 1. The van der Waals surface area contributed by atoms with Crippen molar-refractivity contribution in [3.8, 4) is 0 Å². The number of halogens is 1. The molecule has 27 heavy (non-hydrogen) atoms. The van der Waals surface area contributed by atoms with E-state index in [-0.39, 0.29) is 0 Å². The van der Waals surface area contributed by atoms with Gasteiger partial charge in [0, 0.05) is 30.5 Å². The second-order valence-corrected chi connectivity index (χ2v) is 8.05. The predicted molar refractivity (Wildman–Crippen MR) is 113 cm³/mol. The molecule has 0 radical (unpaired) electrons. The van der Waals surface area contributed by atoms with E-state index in [2.05, 4.69) is 31.6 Å². The molecule has 2 rings (SSSR count). The Kier molecular flexibility index (Phi) is 8.34. The molecule has 0 aliphatic carbocycles. The Bertz CT molecular complexity index is 697. The van der Waals surface area contributed by atoms with Gasteiger partial charge in [-0.3, -0.25) is 0 Å². The fourth-order valence-corrected chi connectivity index (χ4v) is 2.97. The highest BCUT2D eigenvalue weighted by atomic mass is 79.9. The van der Waals surface area contributed by atoms with Crippen LogP contribution in [0.1, 0.15) is 18.2 Å². The van der Waals surface area contributed by atoms with Crippen molar-refractivity contribution in [1.29, 1.82) is 0 Å². The minimum Gasteiger partial charge on any atom is -0.469 e. The van der Waals surface area contributed by atoms with E-state index in [9.17, 15) is 5.11 Å². The number of nitrogens with zero attached hydrogens (tertiary/aromatic N) is 2. The normalized spacial score (nSPS) is 14.2. The molecule has 2 aromatic rings. The fourth-order valence-electron chi connectivity index (χ4n) is 2.70. The van der Waals surface area contributed by atoms with Gasteiger partial charge in [-0.1, -0.05) is 28.1 Å². The van der Waals surface area contributed by atoms with Crippen molar-refractivity contribution in [2.75, 3.05) is 33.7 Å². The molecule has 3 N–H and O–H groups in total. The number of hydrogen-bond donors (Lipinski definition) is 3. The standard InChI is InChI=1S/C20H29BrN4O2/c1-20(26,15-25(2)3)14-24-19(22-11-10-18-5-4-12-27-18)23-13-16-6-8-17(21)9-7-16/h4-9,12,26H,10-11,13-15H2,1-3H3,(H2,22,23,24). The van der Waals surface area contributed by atoms with Gasteiger partial charge in [0.15, 0.2) is 5.96 Å². The Hall–Kier alpha value is -1.83. The molecule has 6 nitrogen and oxygen atoms in total. The lowest BCUT2D eigenvalue weighted by atomic mass is 10.1. The molecule has 0 amide bonds. The average Bonchev–Trinajstić information content (AvgIpc) is 3.10. The molecule has 1 aromatic heterocycles. The maximum absolute atomic E-state index is 10.5. The third-order valence-corrected chi connectivity index (χ3v) is 4.40. The van der Waals surface area contributed by atoms with Gasteiger partial charge in [-0.15, -0.1) is 0 Å². The van der Waals surface area contributed by atoms with Crippen molar-refractivity contribution >= 4 is 21.9 Å². The maximum Gasteiger partial charge on any atom is 0.191 e. The molecule has 0 aliphatic rings. The van der Waals surface area contributed by atoms with Crippen LogP contribution >= 0.6 is 15.9 Å². The highest BCUT2D eigenvalue weighted by Gasteiger charge is 2.21. The van der Waals surface area contributed by atoms with Crippen molar-refractivity contribution < 1.29 is 9.52 Å². The number of aliphatic imine (C=N–C) groups is 1. The van der Waals surface area contributed by atoms with E-state index in [0.717, 1.165) is 22.2 Å². The van der Waals surface area contributed by atoms with Gasteiger partial charge in [0.05, 0.1) is 18.4 Å². The van der Waals surface area contributed by atoms with E-state index in [1.54, 1.807) is 6.26 Å². The smallest absolute Gasteiger partial charge is 0.191 e. The van der Waals surface area contributed by atoms with Crippen LogP contribution in [0.3, 0.4) is 0 Å². The molecular weight excluding hydrogens is 408 g/mol. The lowest BCUT2D eigenvalue weighted by Gasteiger charge is -2.28. The summed E-state index contributed by atoms with van der Waals surface area (Å²) in [6, 6.07) is 11.9. The van der Waals surface area contributed by atoms with E-state index in [1.165, 1.54) is 0 Å². The molecule has 0 bridgehead atoms. The first-order valence-corrected chi connectivity index (χ1v) is 9.79. The Morgan fingerprint density at radius 3 is 2.59 bits per heavy atom. The number of aliphatic hydroxyl groups is 1. The minimum atomic E-state index is -0.857. The van der Waals surface area contributed by atoms with Crippen molar-refractivity contribution in [1.82, 2.24) is 15.5 Å². The summed E-state index contributed by atoms with van der Waals surface area (Å²) in [5.41, 5.74) is 0.260. The molecule has 0 spiro atoms. The summed E-state index contributed by atoms with van der Waals surface area (Å²) in [5.74, 6) is 1.60. The SMILES string of the molecule is CN(C)CC(C)(O)CNC(=NCc1ccc(Br)cc1)NCCc1ccco1. The Balaban J connectivity index is 1.95. The van der Waals surface area contributed by atoms with Crippen molar-refractivity contribution in [3.05, 3.63) is 58.5 Å². The molecule has 148 valence electrons. The molecule has 0 saturated carbocycles. The largest absolute Gasteiger partial charge is 0.469 e. The topological polar surface area (TPSA) is 73.0 Å². The minimum absolute atomic E-state index is 0.401. The molecule has 1 atom stereocenters. The zero-order valence-electron chi connectivity index (χ0n) is 16.2. The van der Waals surface area contributed by atoms with E-state index in [4.69, 9.17) is 4.42 Å². The van der Waals surface area contributed by atoms with Crippen molar-refractivity contribution in [2.45, 2.75) is 25.5 Å². The Morgan fingerprint density at radius 2 is 1.96 bits per heavy atom. The van der Waals surface area contributed by atoms with Crippen molar-refractivity contribution in [3.63, 3.8) is 0 Å². The Morgan fingerprint density at radius 1 is 1.22 bits per heavy atom. The molecule has 0 saturated heterocycles. The van der Waals surface area contributed by atoms with Gasteiger partial charge in [0.2, 0.25) is 0 Å².